The van der Waals surface area contributed by atoms with Crippen molar-refractivity contribution in [2.75, 3.05) is 11.1 Å². The van der Waals surface area contributed by atoms with Gasteiger partial charge in [0.25, 0.3) is 11.8 Å². The van der Waals surface area contributed by atoms with Gasteiger partial charge >= 0.3 is 5.97 Å². The number of pyridine rings is 1. The van der Waals surface area contributed by atoms with Gasteiger partial charge in [-0.25, -0.2) is 9.19 Å². The first-order valence-corrected chi connectivity index (χ1v) is 13.3. The summed E-state index contributed by atoms with van der Waals surface area (Å²) in [5.41, 5.74) is 2.23. The molecule has 4 aromatic rings. The van der Waals surface area contributed by atoms with Crippen molar-refractivity contribution >= 4 is 33.2 Å². The number of carbonyl (C=O) groups is 3. The third-order valence-corrected chi connectivity index (χ3v) is 7.49. The van der Waals surface area contributed by atoms with Gasteiger partial charge in [-0.15, -0.1) is 0 Å². The van der Waals surface area contributed by atoms with Crippen LogP contribution in [0.5, 0.6) is 0 Å². The summed E-state index contributed by atoms with van der Waals surface area (Å²) < 4.78 is 18.8. The van der Waals surface area contributed by atoms with Crippen molar-refractivity contribution in [3.8, 4) is 11.8 Å². The van der Waals surface area contributed by atoms with Gasteiger partial charge in [-0.2, -0.15) is 9.46 Å². The maximum Gasteiger partial charge on any atom is 0.317 e. The summed E-state index contributed by atoms with van der Waals surface area (Å²) in [6, 6.07) is 19.2. The van der Waals surface area contributed by atoms with Crippen molar-refractivity contribution in [2.24, 2.45) is 11.4 Å². The number of aromatic nitrogens is 3. The number of carbonyl (C=O) groups excluding carboxylic acids is 2. The Morgan fingerprint density at radius 1 is 1.03 bits per heavy atom. The molecule has 10 nitrogen and oxygen atoms in total. The second-order valence-corrected chi connectivity index (χ2v) is 10.6. The van der Waals surface area contributed by atoms with Gasteiger partial charge in [0.05, 0.1) is 21.0 Å². The molecule has 2 heterocycles. The molecule has 0 fully saturated rings. The number of nitrogens with zero attached hydrogens (tertiary/aromatic N) is 4. The normalized spacial score (nSPS) is 11.9. The predicted octanol–water partition coefficient (Wildman–Crippen LogP) is 3.53. The molecule has 11 heteroatoms. The molecular formula is C28H23N5O5S. The van der Waals surface area contributed by atoms with Crippen molar-refractivity contribution in [3.63, 3.8) is 0 Å². The van der Waals surface area contributed by atoms with Crippen LogP contribution in [0, 0.1) is 18.8 Å². The van der Waals surface area contributed by atoms with Crippen LogP contribution in [-0.4, -0.2) is 47.6 Å². The van der Waals surface area contributed by atoms with Crippen molar-refractivity contribution in [3.05, 3.63) is 107 Å². The molecule has 39 heavy (non-hydrogen) atoms. The molecule has 2 aromatic heterocycles. The Morgan fingerprint density at radius 2 is 1.79 bits per heavy atom. The molecule has 2 amide bonds. The summed E-state index contributed by atoms with van der Waals surface area (Å²) in [5, 5.41) is 16.3. The Balaban J connectivity index is 1.63. The van der Waals surface area contributed by atoms with Gasteiger partial charge in [0.2, 0.25) is 0 Å². The number of aryl methyl sites for hydroxylation is 2. The van der Waals surface area contributed by atoms with E-state index in [1.165, 1.54) is 35.1 Å². The fourth-order valence-electron chi connectivity index (χ4n) is 3.65. The number of amides is 2. The van der Waals surface area contributed by atoms with E-state index in [0.29, 0.717) is 16.9 Å². The molecule has 0 aliphatic rings. The lowest BCUT2D eigenvalue weighted by Gasteiger charge is -2.08. The molecular weight excluding hydrogens is 518 g/mol. The number of aliphatic carboxylic acids is 1. The number of hydrogen-bond acceptors (Lipinski definition) is 6. The largest absolute Gasteiger partial charge is 0.481 e. The number of hydrogen-bond donors (Lipinski definition) is 2. The van der Waals surface area contributed by atoms with Crippen LogP contribution in [-0.2, 0) is 21.6 Å². The summed E-state index contributed by atoms with van der Waals surface area (Å²) in [5.74, 6) is 2.33. The van der Waals surface area contributed by atoms with E-state index < -0.39 is 27.4 Å². The molecule has 1 atom stereocenters. The van der Waals surface area contributed by atoms with E-state index in [-0.39, 0.29) is 22.1 Å². The number of benzene rings is 2. The average Bonchev–Trinajstić information content (AvgIpc) is 3.25. The Hall–Kier alpha value is -5.08. The quantitative estimate of drug-likeness (QED) is 0.356. The van der Waals surface area contributed by atoms with Crippen LogP contribution in [0.1, 0.15) is 37.8 Å². The van der Waals surface area contributed by atoms with Crippen LogP contribution in [0.4, 0.5) is 5.69 Å². The van der Waals surface area contributed by atoms with Crippen LogP contribution in [0.3, 0.4) is 0 Å². The summed E-state index contributed by atoms with van der Waals surface area (Å²) in [7, 11) is -1.90. The van der Waals surface area contributed by atoms with Crippen molar-refractivity contribution in [1.29, 1.82) is 0 Å². The zero-order valence-corrected chi connectivity index (χ0v) is 21.8. The molecule has 0 radical (unpaired) electrons. The molecule has 0 aliphatic carbocycles. The van der Waals surface area contributed by atoms with Crippen LogP contribution >= 0.6 is 0 Å². The molecule has 0 aliphatic heterocycles. The summed E-state index contributed by atoms with van der Waals surface area (Å²) in [4.78, 5) is 41.4. The monoisotopic (exact) mass is 541 g/mol. The third-order valence-electron chi connectivity index (χ3n) is 5.38. The molecule has 4 rings (SSSR count). The minimum Gasteiger partial charge on any atom is -0.481 e. The average molecular weight is 542 g/mol. The number of rotatable bonds is 6. The molecule has 0 saturated heterocycles. The lowest BCUT2D eigenvalue weighted by Crippen LogP contribution is -2.17. The first-order chi connectivity index (χ1) is 18.6. The highest BCUT2D eigenvalue weighted by Gasteiger charge is 2.21. The zero-order chi connectivity index (χ0) is 28.0. The van der Waals surface area contributed by atoms with Crippen molar-refractivity contribution < 1.29 is 23.7 Å². The Morgan fingerprint density at radius 3 is 2.49 bits per heavy atom. The maximum absolute atomic E-state index is 13.5. The lowest BCUT2D eigenvalue weighted by atomic mass is 10.1. The highest BCUT2D eigenvalue weighted by atomic mass is 32.2. The first-order valence-electron chi connectivity index (χ1n) is 11.6. The Labute approximate surface area is 224 Å². The smallest absolute Gasteiger partial charge is 0.317 e. The Bertz CT molecular complexity index is 1760. The predicted molar refractivity (Wildman–Crippen MR) is 145 cm³/mol. The topological polar surface area (TPSA) is 144 Å². The molecule has 0 saturated carbocycles. The van der Waals surface area contributed by atoms with E-state index in [1.807, 2.05) is 0 Å². The number of carboxylic acids is 1. The minimum atomic E-state index is -3.59. The zero-order valence-electron chi connectivity index (χ0n) is 21.0. The van der Waals surface area contributed by atoms with E-state index in [1.54, 1.807) is 62.5 Å². The summed E-state index contributed by atoms with van der Waals surface area (Å²) in [6.45, 7) is 1.79. The van der Waals surface area contributed by atoms with Gasteiger partial charge < -0.3 is 10.4 Å². The fraction of sp³-hybridized carbons (Fsp3) is 0.107. The van der Waals surface area contributed by atoms with E-state index >= 15 is 0 Å². The second kappa shape index (κ2) is 11.5. The molecule has 196 valence electrons. The third kappa shape index (κ3) is 6.63. The van der Waals surface area contributed by atoms with Gasteiger partial charge in [-0.1, -0.05) is 30.2 Å². The number of carboxylic acid groups (broad SMARTS) is 1. The van der Waals surface area contributed by atoms with Gasteiger partial charge in [-0.05, 0) is 61.4 Å². The highest BCUT2D eigenvalue weighted by molar-refractivity contribution is 7.94. The molecule has 0 spiro atoms. The number of anilines is 1. The van der Waals surface area contributed by atoms with Crippen LogP contribution in [0.15, 0.2) is 88.3 Å². The van der Waals surface area contributed by atoms with Gasteiger partial charge in [-0.3, -0.25) is 19.1 Å². The van der Waals surface area contributed by atoms with Crippen LogP contribution in [0.2, 0.25) is 0 Å². The minimum absolute atomic E-state index is 0.0184. The standard InChI is InChI=1S/C28H23N5O5S/c1-19-16-25(33(2)31-19)28(37)30-21-9-6-8-20(17-21)13-14-24-23(12-7-15-29-24)27(36)32-39(38,18-26(34)35)22-10-4-3-5-11-22/h3-12,15-17H,18H2,1-2H3,(H,30,37)(H,34,35). The molecule has 2 N–H and O–H groups in total. The summed E-state index contributed by atoms with van der Waals surface area (Å²) in [6.07, 6.45) is 1.44. The fourth-order valence-corrected chi connectivity index (χ4v) is 5.27. The van der Waals surface area contributed by atoms with E-state index in [2.05, 4.69) is 31.6 Å². The molecule has 2 aromatic carbocycles. The second-order valence-electron chi connectivity index (χ2n) is 8.37. The highest BCUT2D eigenvalue weighted by Crippen LogP contribution is 2.17. The van der Waals surface area contributed by atoms with Crippen LogP contribution in [0.25, 0.3) is 0 Å². The van der Waals surface area contributed by atoms with Crippen LogP contribution < -0.4 is 5.32 Å². The lowest BCUT2D eigenvalue weighted by molar-refractivity contribution is -0.134. The van der Waals surface area contributed by atoms with E-state index in [0.717, 1.165) is 5.69 Å². The molecule has 0 bridgehead atoms. The van der Waals surface area contributed by atoms with Gasteiger partial charge in [0.15, 0.2) is 0 Å². The SMILES string of the molecule is Cc1cc(C(=O)Nc2cccc(C#Cc3ncccc3C(=O)N=S(=O)(CC(=O)O)c3ccccc3)c2)n(C)n1. The van der Waals surface area contributed by atoms with E-state index in [9.17, 15) is 23.7 Å². The van der Waals surface area contributed by atoms with Crippen molar-refractivity contribution in [2.45, 2.75) is 11.8 Å². The van der Waals surface area contributed by atoms with Gasteiger partial charge in [0.1, 0.15) is 17.1 Å². The first kappa shape index (κ1) is 27.0. The Kier molecular flexibility index (Phi) is 7.98. The van der Waals surface area contributed by atoms with E-state index in [4.69, 9.17) is 0 Å². The number of nitrogens with one attached hydrogen (secondary N) is 1. The summed E-state index contributed by atoms with van der Waals surface area (Å²) >= 11 is 0. The van der Waals surface area contributed by atoms with Gasteiger partial charge in [0, 0.05) is 29.4 Å². The van der Waals surface area contributed by atoms with Crippen molar-refractivity contribution in [1.82, 2.24) is 14.8 Å². The maximum atomic E-state index is 13.5. The molecule has 1 unspecified atom stereocenters.